The Kier molecular flexibility index (Phi) is 5.31. The molecular weight excluding hydrogens is 297 g/mol. The van der Waals surface area contributed by atoms with Gasteiger partial charge in [0.15, 0.2) is 0 Å². The largest absolute Gasteiger partial charge is 0.497 e. The molecule has 0 aliphatic carbocycles. The molecular formula is C17H14FN3O2. The molecule has 0 heterocycles. The van der Waals surface area contributed by atoms with Gasteiger partial charge in [-0.15, -0.1) is 0 Å². The van der Waals surface area contributed by atoms with Gasteiger partial charge in [-0.2, -0.15) is 5.26 Å². The van der Waals surface area contributed by atoms with E-state index < -0.39 is 11.7 Å². The van der Waals surface area contributed by atoms with Crippen LogP contribution in [0, 0.1) is 17.1 Å². The molecule has 1 amide bonds. The highest BCUT2D eigenvalue weighted by molar-refractivity contribution is 6.06. The van der Waals surface area contributed by atoms with Crippen LogP contribution in [0.15, 0.2) is 60.3 Å². The van der Waals surface area contributed by atoms with E-state index in [9.17, 15) is 9.18 Å². The van der Waals surface area contributed by atoms with Crippen LogP contribution in [0.4, 0.5) is 15.8 Å². The lowest BCUT2D eigenvalue weighted by Crippen LogP contribution is -2.14. The molecule has 0 saturated heterocycles. The number of rotatable bonds is 5. The maximum atomic E-state index is 12.8. The molecule has 0 fully saturated rings. The van der Waals surface area contributed by atoms with Gasteiger partial charge in [0.05, 0.1) is 7.11 Å². The summed E-state index contributed by atoms with van der Waals surface area (Å²) in [4.78, 5) is 12.0. The van der Waals surface area contributed by atoms with Gasteiger partial charge in [-0.25, -0.2) is 4.39 Å². The van der Waals surface area contributed by atoms with E-state index in [1.54, 1.807) is 31.4 Å². The first kappa shape index (κ1) is 16.0. The molecule has 0 spiro atoms. The Morgan fingerprint density at radius 1 is 1.22 bits per heavy atom. The number of nitrogens with one attached hydrogen (secondary N) is 2. The van der Waals surface area contributed by atoms with E-state index in [2.05, 4.69) is 10.6 Å². The molecule has 0 aliphatic rings. The number of nitriles is 1. The molecule has 0 aromatic heterocycles. The van der Waals surface area contributed by atoms with E-state index in [0.717, 1.165) is 0 Å². The van der Waals surface area contributed by atoms with E-state index in [1.807, 2.05) is 6.07 Å². The highest BCUT2D eigenvalue weighted by Crippen LogP contribution is 2.17. The zero-order chi connectivity index (χ0) is 16.7. The summed E-state index contributed by atoms with van der Waals surface area (Å²) in [5, 5.41) is 14.5. The van der Waals surface area contributed by atoms with E-state index in [4.69, 9.17) is 10.00 Å². The third-order valence-corrected chi connectivity index (χ3v) is 2.92. The minimum atomic E-state index is -0.588. The van der Waals surface area contributed by atoms with Crippen LogP contribution in [0.3, 0.4) is 0 Å². The molecule has 23 heavy (non-hydrogen) atoms. The van der Waals surface area contributed by atoms with Gasteiger partial charge >= 0.3 is 0 Å². The summed E-state index contributed by atoms with van der Waals surface area (Å²) in [5.74, 6) is -0.342. The minimum Gasteiger partial charge on any atom is -0.497 e. The summed E-state index contributed by atoms with van der Waals surface area (Å²) < 4.78 is 17.9. The number of amides is 1. The number of ether oxygens (including phenoxy) is 1. The summed E-state index contributed by atoms with van der Waals surface area (Å²) in [6.45, 7) is 0. The van der Waals surface area contributed by atoms with Crippen molar-refractivity contribution in [2.24, 2.45) is 0 Å². The first-order valence-corrected chi connectivity index (χ1v) is 6.70. The quantitative estimate of drug-likeness (QED) is 0.656. The molecule has 6 heteroatoms. The number of hydrogen-bond donors (Lipinski definition) is 2. The van der Waals surface area contributed by atoms with Gasteiger partial charge in [-0.05, 0) is 36.4 Å². The average Bonchev–Trinajstić information content (AvgIpc) is 2.57. The normalized spacial score (nSPS) is 10.6. The number of anilines is 2. The predicted molar refractivity (Wildman–Crippen MR) is 85.3 cm³/mol. The van der Waals surface area contributed by atoms with Gasteiger partial charge in [0.1, 0.15) is 23.2 Å². The molecule has 2 N–H and O–H groups in total. The van der Waals surface area contributed by atoms with Crippen molar-refractivity contribution in [3.63, 3.8) is 0 Å². The molecule has 0 radical (unpaired) electrons. The number of benzene rings is 2. The van der Waals surface area contributed by atoms with Crippen molar-refractivity contribution < 1.29 is 13.9 Å². The maximum Gasteiger partial charge on any atom is 0.267 e. The second-order valence-corrected chi connectivity index (χ2v) is 4.51. The van der Waals surface area contributed by atoms with E-state index in [1.165, 1.54) is 30.5 Å². The highest BCUT2D eigenvalue weighted by atomic mass is 19.1. The van der Waals surface area contributed by atoms with Gasteiger partial charge in [0, 0.05) is 23.6 Å². The fourth-order valence-corrected chi connectivity index (χ4v) is 1.75. The number of halogens is 1. The average molecular weight is 311 g/mol. The smallest absolute Gasteiger partial charge is 0.267 e. The zero-order valence-electron chi connectivity index (χ0n) is 12.3. The lowest BCUT2D eigenvalue weighted by Gasteiger charge is -2.06. The third kappa shape index (κ3) is 4.58. The van der Waals surface area contributed by atoms with E-state index in [0.29, 0.717) is 17.1 Å². The van der Waals surface area contributed by atoms with Crippen LogP contribution in [0.5, 0.6) is 5.75 Å². The number of methoxy groups -OCH3 is 1. The predicted octanol–water partition coefficient (Wildman–Crippen LogP) is 3.29. The number of carbonyl (C=O) groups excluding carboxylic acids is 1. The second-order valence-electron chi connectivity index (χ2n) is 4.51. The monoisotopic (exact) mass is 311 g/mol. The molecule has 0 bridgehead atoms. The van der Waals surface area contributed by atoms with Crippen LogP contribution < -0.4 is 15.4 Å². The van der Waals surface area contributed by atoms with Crippen molar-refractivity contribution in [3.05, 3.63) is 66.1 Å². The fourth-order valence-electron chi connectivity index (χ4n) is 1.75. The minimum absolute atomic E-state index is 0.114. The van der Waals surface area contributed by atoms with Gasteiger partial charge in [-0.1, -0.05) is 6.07 Å². The van der Waals surface area contributed by atoms with Crippen molar-refractivity contribution in [1.29, 1.82) is 5.26 Å². The number of hydrogen-bond acceptors (Lipinski definition) is 4. The molecule has 2 aromatic rings. The summed E-state index contributed by atoms with van der Waals surface area (Å²) in [5.41, 5.74) is 0.961. The van der Waals surface area contributed by atoms with Crippen molar-refractivity contribution in [3.8, 4) is 11.8 Å². The Balaban J connectivity index is 2.07. The molecule has 0 unspecified atom stereocenters. The Morgan fingerprint density at radius 3 is 2.61 bits per heavy atom. The van der Waals surface area contributed by atoms with E-state index >= 15 is 0 Å². The van der Waals surface area contributed by atoms with Crippen molar-refractivity contribution >= 4 is 17.3 Å². The number of carbonyl (C=O) groups is 1. The fraction of sp³-hybridized carbons (Fsp3) is 0.0588. The standard InChI is InChI=1S/C17H14FN3O2/c1-23-16-4-2-3-15(9-16)20-11-12(10-19)17(22)21-14-7-5-13(18)6-8-14/h2-9,11,20H,1H3,(H,21,22)/b12-11-. The highest BCUT2D eigenvalue weighted by Gasteiger charge is 2.09. The van der Waals surface area contributed by atoms with Crippen molar-refractivity contribution in [2.75, 3.05) is 17.7 Å². The van der Waals surface area contributed by atoms with Crippen LogP contribution in [0.2, 0.25) is 0 Å². The van der Waals surface area contributed by atoms with Crippen molar-refractivity contribution in [2.45, 2.75) is 0 Å². The second kappa shape index (κ2) is 7.61. The molecule has 0 atom stereocenters. The molecule has 2 rings (SSSR count). The lowest BCUT2D eigenvalue weighted by molar-refractivity contribution is -0.112. The maximum absolute atomic E-state index is 12.8. The van der Waals surface area contributed by atoms with E-state index in [-0.39, 0.29) is 5.57 Å². The Morgan fingerprint density at radius 2 is 1.96 bits per heavy atom. The Hall–Kier alpha value is -3.33. The molecule has 0 saturated carbocycles. The lowest BCUT2D eigenvalue weighted by atomic mass is 10.2. The number of nitrogens with zero attached hydrogens (tertiary/aromatic N) is 1. The summed E-state index contributed by atoms with van der Waals surface area (Å²) >= 11 is 0. The third-order valence-electron chi connectivity index (χ3n) is 2.92. The molecule has 0 aliphatic heterocycles. The van der Waals surface area contributed by atoms with Gasteiger partial charge in [-0.3, -0.25) is 4.79 Å². The first-order chi connectivity index (χ1) is 11.1. The van der Waals surface area contributed by atoms with Crippen molar-refractivity contribution in [1.82, 2.24) is 0 Å². The Bertz CT molecular complexity index is 764. The SMILES string of the molecule is COc1cccc(N/C=C(/C#N)C(=O)Nc2ccc(F)cc2)c1. The molecule has 116 valence electrons. The van der Waals surface area contributed by atoms with Gasteiger partial charge in [0.25, 0.3) is 5.91 Å². The van der Waals surface area contributed by atoms with Crippen LogP contribution in [0.1, 0.15) is 0 Å². The van der Waals surface area contributed by atoms with Crippen LogP contribution in [0.25, 0.3) is 0 Å². The van der Waals surface area contributed by atoms with Gasteiger partial charge in [0.2, 0.25) is 0 Å². The topological polar surface area (TPSA) is 74.1 Å². The molecule has 2 aromatic carbocycles. The summed E-state index contributed by atoms with van der Waals surface area (Å²) in [7, 11) is 1.55. The van der Waals surface area contributed by atoms with Gasteiger partial charge < -0.3 is 15.4 Å². The van der Waals surface area contributed by atoms with Crippen LogP contribution >= 0.6 is 0 Å². The molecule has 5 nitrogen and oxygen atoms in total. The summed E-state index contributed by atoms with van der Waals surface area (Å²) in [6, 6.07) is 14.1. The van der Waals surface area contributed by atoms with Crippen LogP contribution in [-0.2, 0) is 4.79 Å². The zero-order valence-corrected chi connectivity index (χ0v) is 12.3. The summed E-state index contributed by atoms with van der Waals surface area (Å²) in [6.07, 6.45) is 1.30. The Labute approximate surface area is 133 Å². The van der Waals surface area contributed by atoms with Crippen LogP contribution in [-0.4, -0.2) is 13.0 Å². The first-order valence-electron chi connectivity index (χ1n) is 6.70.